The summed E-state index contributed by atoms with van der Waals surface area (Å²) >= 11 is 0. The van der Waals surface area contributed by atoms with E-state index in [1.165, 1.54) is 0 Å². The zero-order valence-electron chi connectivity index (χ0n) is 10.8. The Balaban J connectivity index is 0. The second kappa shape index (κ2) is 11.0. The average molecular weight is 313 g/mol. The third kappa shape index (κ3) is 7.37. The Morgan fingerprint density at radius 3 is 2.26 bits per heavy atom. The molecule has 1 aliphatic heterocycles. The third-order valence-corrected chi connectivity index (χ3v) is 2.71. The maximum Gasteiger partial charge on any atom is 0.236 e. The summed E-state index contributed by atoms with van der Waals surface area (Å²) in [4.78, 5) is 26.5. The molecular formula is C11H22Cl2N4O2. The number of rotatable bonds is 5. The smallest absolute Gasteiger partial charge is 0.236 e. The van der Waals surface area contributed by atoms with Crippen molar-refractivity contribution in [3.8, 4) is 0 Å². The van der Waals surface area contributed by atoms with Gasteiger partial charge in [0, 0.05) is 32.7 Å². The summed E-state index contributed by atoms with van der Waals surface area (Å²) in [6, 6.07) is 0. The van der Waals surface area contributed by atoms with E-state index < -0.39 is 0 Å². The molecule has 1 saturated heterocycles. The lowest BCUT2D eigenvalue weighted by molar-refractivity contribution is -0.131. The largest absolute Gasteiger partial charge is 0.352 e. The van der Waals surface area contributed by atoms with E-state index in [1.54, 1.807) is 11.0 Å². The van der Waals surface area contributed by atoms with Crippen LogP contribution in [0.3, 0.4) is 0 Å². The van der Waals surface area contributed by atoms with Gasteiger partial charge in [0.15, 0.2) is 0 Å². The van der Waals surface area contributed by atoms with Crippen LogP contribution in [0.1, 0.15) is 0 Å². The van der Waals surface area contributed by atoms with Crippen LogP contribution < -0.4 is 11.1 Å². The van der Waals surface area contributed by atoms with Gasteiger partial charge < -0.3 is 16.0 Å². The van der Waals surface area contributed by atoms with Crippen LogP contribution in [-0.4, -0.2) is 67.4 Å². The predicted octanol–water partition coefficient (Wildman–Crippen LogP) is -0.765. The van der Waals surface area contributed by atoms with Crippen molar-refractivity contribution in [1.82, 2.24) is 15.1 Å². The Hall–Kier alpha value is -0.820. The summed E-state index contributed by atoms with van der Waals surface area (Å²) in [5.74, 6) is -0.0377. The van der Waals surface area contributed by atoms with Gasteiger partial charge in [0.25, 0.3) is 0 Å². The number of amides is 2. The summed E-state index contributed by atoms with van der Waals surface area (Å²) in [6.45, 7) is 7.17. The second-order valence-corrected chi connectivity index (χ2v) is 3.95. The minimum absolute atomic E-state index is 0. The molecule has 0 spiro atoms. The molecule has 1 heterocycles. The van der Waals surface area contributed by atoms with Crippen molar-refractivity contribution in [3.05, 3.63) is 12.7 Å². The van der Waals surface area contributed by atoms with Crippen molar-refractivity contribution in [2.45, 2.75) is 0 Å². The number of nitrogens with one attached hydrogen (secondary N) is 1. The molecule has 112 valence electrons. The van der Waals surface area contributed by atoms with Crippen molar-refractivity contribution < 1.29 is 9.59 Å². The van der Waals surface area contributed by atoms with E-state index in [9.17, 15) is 9.59 Å². The van der Waals surface area contributed by atoms with E-state index in [0.29, 0.717) is 39.3 Å². The molecule has 0 saturated carbocycles. The van der Waals surface area contributed by atoms with Crippen LogP contribution in [0.2, 0.25) is 0 Å². The molecule has 0 radical (unpaired) electrons. The fourth-order valence-electron chi connectivity index (χ4n) is 1.73. The van der Waals surface area contributed by atoms with E-state index in [2.05, 4.69) is 11.9 Å². The molecule has 8 heteroatoms. The van der Waals surface area contributed by atoms with E-state index in [1.807, 2.05) is 4.90 Å². The van der Waals surface area contributed by atoms with Gasteiger partial charge in [0.1, 0.15) is 0 Å². The molecular weight excluding hydrogens is 291 g/mol. The highest BCUT2D eigenvalue weighted by Gasteiger charge is 2.21. The molecule has 2 amide bonds. The van der Waals surface area contributed by atoms with E-state index >= 15 is 0 Å². The van der Waals surface area contributed by atoms with Crippen molar-refractivity contribution in [1.29, 1.82) is 0 Å². The zero-order valence-corrected chi connectivity index (χ0v) is 12.5. The van der Waals surface area contributed by atoms with E-state index in [-0.39, 0.29) is 43.2 Å². The van der Waals surface area contributed by atoms with Crippen molar-refractivity contribution in [2.75, 3.05) is 45.8 Å². The molecule has 0 unspecified atom stereocenters. The monoisotopic (exact) mass is 312 g/mol. The van der Waals surface area contributed by atoms with Gasteiger partial charge in [-0.15, -0.1) is 31.4 Å². The second-order valence-electron chi connectivity index (χ2n) is 3.95. The number of carbonyl (C=O) groups excluding carboxylic acids is 2. The van der Waals surface area contributed by atoms with Crippen LogP contribution in [0.4, 0.5) is 0 Å². The molecule has 0 aromatic carbocycles. The lowest BCUT2D eigenvalue weighted by Crippen LogP contribution is -2.52. The molecule has 6 nitrogen and oxygen atoms in total. The first-order chi connectivity index (χ1) is 8.17. The van der Waals surface area contributed by atoms with Crippen molar-refractivity contribution in [2.24, 2.45) is 5.73 Å². The Labute approximate surface area is 126 Å². The van der Waals surface area contributed by atoms with Gasteiger partial charge in [-0.05, 0) is 0 Å². The Bertz CT molecular complexity index is 294. The zero-order chi connectivity index (χ0) is 12.7. The number of nitrogens with two attached hydrogens (primary N) is 1. The predicted molar refractivity (Wildman–Crippen MR) is 79.8 cm³/mol. The molecule has 1 fully saturated rings. The third-order valence-electron chi connectivity index (χ3n) is 2.71. The molecule has 1 rings (SSSR count). The number of carbonyl (C=O) groups is 2. The molecule has 3 N–H and O–H groups in total. The fourth-order valence-corrected chi connectivity index (χ4v) is 1.73. The van der Waals surface area contributed by atoms with Gasteiger partial charge in [0.2, 0.25) is 11.8 Å². The standard InChI is InChI=1S/C11H20N4O2.2ClH/c1-2-3-13-10(16)9-14-4-6-15(7-5-14)11(17)8-12;;/h2H,1,3-9,12H2,(H,13,16);2*1H. The molecule has 0 bridgehead atoms. The van der Waals surface area contributed by atoms with Crippen LogP contribution in [0.25, 0.3) is 0 Å². The first-order valence-electron chi connectivity index (χ1n) is 5.75. The normalized spacial score (nSPS) is 14.9. The number of piperazine rings is 1. The topological polar surface area (TPSA) is 78.7 Å². The maximum atomic E-state index is 11.4. The van der Waals surface area contributed by atoms with Crippen LogP contribution >= 0.6 is 24.8 Å². The highest BCUT2D eigenvalue weighted by atomic mass is 35.5. The van der Waals surface area contributed by atoms with Gasteiger partial charge in [-0.2, -0.15) is 0 Å². The van der Waals surface area contributed by atoms with Crippen LogP contribution in [-0.2, 0) is 9.59 Å². The molecule has 0 atom stereocenters. The minimum atomic E-state index is -0.0271. The summed E-state index contributed by atoms with van der Waals surface area (Å²) in [5, 5.41) is 2.73. The average Bonchev–Trinajstić information content (AvgIpc) is 2.36. The van der Waals surface area contributed by atoms with E-state index in [4.69, 9.17) is 5.73 Å². The SMILES string of the molecule is C=CCNC(=O)CN1CCN(C(=O)CN)CC1.Cl.Cl. The number of nitrogens with zero attached hydrogens (tertiary/aromatic N) is 2. The maximum absolute atomic E-state index is 11.4. The van der Waals surface area contributed by atoms with Gasteiger partial charge in [-0.3, -0.25) is 14.5 Å². The number of hydrogen-bond donors (Lipinski definition) is 2. The van der Waals surface area contributed by atoms with Crippen LogP contribution in [0, 0.1) is 0 Å². The first kappa shape index (κ1) is 20.5. The fraction of sp³-hybridized carbons (Fsp3) is 0.636. The summed E-state index contributed by atoms with van der Waals surface area (Å²) in [7, 11) is 0. The summed E-state index contributed by atoms with van der Waals surface area (Å²) < 4.78 is 0. The summed E-state index contributed by atoms with van der Waals surface area (Å²) in [5.41, 5.74) is 5.29. The Morgan fingerprint density at radius 2 is 1.79 bits per heavy atom. The highest BCUT2D eigenvalue weighted by Crippen LogP contribution is 2.01. The van der Waals surface area contributed by atoms with Crippen molar-refractivity contribution in [3.63, 3.8) is 0 Å². The molecule has 0 aromatic heterocycles. The minimum Gasteiger partial charge on any atom is -0.352 e. The lowest BCUT2D eigenvalue weighted by Gasteiger charge is -2.34. The van der Waals surface area contributed by atoms with Gasteiger partial charge in [-0.1, -0.05) is 6.08 Å². The molecule has 0 aromatic rings. The Morgan fingerprint density at radius 1 is 1.21 bits per heavy atom. The Kier molecular flexibility index (Phi) is 11.9. The van der Waals surface area contributed by atoms with Gasteiger partial charge in [-0.25, -0.2) is 0 Å². The highest BCUT2D eigenvalue weighted by molar-refractivity contribution is 5.85. The number of hydrogen-bond acceptors (Lipinski definition) is 4. The number of halogens is 2. The first-order valence-corrected chi connectivity index (χ1v) is 5.75. The van der Waals surface area contributed by atoms with Gasteiger partial charge >= 0.3 is 0 Å². The van der Waals surface area contributed by atoms with Crippen LogP contribution in [0.5, 0.6) is 0 Å². The van der Waals surface area contributed by atoms with Crippen molar-refractivity contribution >= 4 is 36.6 Å². The molecule has 19 heavy (non-hydrogen) atoms. The van der Waals surface area contributed by atoms with Gasteiger partial charge in [0.05, 0.1) is 13.1 Å². The quantitative estimate of drug-likeness (QED) is 0.654. The lowest BCUT2D eigenvalue weighted by atomic mass is 10.3. The van der Waals surface area contributed by atoms with E-state index in [0.717, 1.165) is 0 Å². The summed E-state index contributed by atoms with van der Waals surface area (Å²) in [6.07, 6.45) is 1.65. The van der Waals surface area contributed by atoms with Crippen LogP contribution in [0.15, 0.2) is 12.7 Å². The molecule has 0 aliphatic carbocycles. The molecule has 1 aliphatic rings.